The van der Waals surface area contributed by atoms with Gasteiger partial charge in [0.1, 0.15) is 0 Å². The molecule has 0 aromatic carbocycles. The minimum Gasteiger partial charge on any atom is -0.356 e. The molecule has 124 valence electrons. The number of guanidine groups is 1. The highest BCUT2D eigenvalue weighted by Gasteiger charge is 2.02. The topological polar surface area (TPSA) is 52.6 Å². The Morgan fingerprint density at radius 3 is 2.64 bits per heavy atom. The quantitative estimate of drug-likeness (QED) is 0.416. The molecule has 1 rings (SSSR count). The van der Waals surface area contributed by atoms with E-state index in [1.165, 1.54) is 6.42 Å². The average Bonchev–Trinajstić information content (AvgIpc) is 2.53. The summed E-state index contributed by atoms with van der Waals surface area (Å²) in [7, 11) is 3.98. The summed E-state index contributed by atoms with van der Waals surface area (Å²) in [5.74, 6) is 0.869. The summed E-state index contributed by atoms with van der Waals surface area (Å²) in [6.07, 6.45) is 5.09. The van der Waals surface area contributed by atoms with Crippen molar-refractivity contribution in [3.8, 4) is 0 Å². The fourth-order valence-corrected chi connectivity index (χ4v) is 2.03. The number of hydrogen-bond donors (Lipinski definition) is 2. The molecule has 0 bridgehead atoms. The molecule has 5 heteroatoms. The van der Waals surface area contributed by atoms with Gasteiger partial charge in [0.15, 0.2) is 5.96 Å². The first-order valence-corrected chi connectivity index (χ1v) is 8.18. The van der Waals surface area contributed by atoms with Crippen LogP contribution in [0.5, 0.6) is 0 Å². The second kappa shape index (κ2) is 11.0. The predicted octanol–water partition coefficient (Wildman–Crippen LogP) is 1.91. The molecule has 0 amide bonds. The van der Waals surface area contributed by atoms with Crippen LogP contribution in [0, 0.1) is 0 Å². The van der Waals surface area contributed by atoms with Crippen molar-refractivity contribution in [1.29, 1.82) is 0 Å². The van der Waals surface area contributed by atoms with Crippen molar-refractivity contribution >= 4 is 5.96 Å². The van der Waals surface area contributed by atoms with Crippen LogP contribution in [0.15, 0.2) is 29.4 Å². The molecular formula is C17H31N5. The van der Waals surface area contributed by atoms with E-state index in [2.05, 4.69) is 46.4 Å². The molecule has 22 heavy (non-hydrogen) atoms. The van der Waals surface area contributed by atoms with E-state index < -0.39 is 0 Å². The number of pyridine rings is 1. The van der Waals surface area contributed by atoms with Crippen molar-refractivity contribution in [3.63, 3.8) is 0 Å². The molecule has 2 N–H and O–H groups in total. The normalized spacial score (nSPS) is 12.0. The Kier molecular flexibility index (Phi) is 9.23. The van der Waals surface area contributed by atoms with Crippen LogP contribution in [0.1, 0.15) is 32.4 Å². The van der Waals surface area contributed by atoms with Crippen LogP contribution in [0.4, 0.5) is 0 Å². The third-order valence-electron chi connectivity index (χ3n) is 3.73. The first kappa shape index (κ1) is 18.4. The molecule has 0 saturated heterocycles. The third kappa shape index (κ3) is 7.98. The number of aliphatic imine (C=N–C) groups is 1. The van der Waals surface area contributed by atoms with Crippen molar-refractivity contribution in [2.24, 2.45) is 4.99 Å². The first-order valence-electron chi connectivity index (χ1n) is 8.18. The van der Waals surface area contributed by atoms with Gasteiger partial charge in [0.2, 0.25) is 0 Å². The molecule has 1 heterocycles. The maximum atomic E-state index is 4.31. The van der Waals surface area contributed by atoms with Crippen molar-refractivity contribution < 1.29 is 0 Å². The molecular weight excluding hydrogens is 274 g/mol. The van der Waals surface area contributed by atoms with Gasteiger partial charge >= 0.3 is 0 Å². The SMILES string of the molecule is CN=C(NCCCCN(C)C(C)C)NCCc1ccccn1. The van der Waals surface area contributed by atoms with Crippen molar-refractivity contribution in [2.75, 3.05) is 33.7 Å². The van der Waals surface area contributed by atoms with E-state index in [9.17, 15) is 0 Å². The number of rotatable bonds is 9. The first-order chi connectivity index (χ1) is 10.6. The third-order valence-corrected chi connectivity index (χ3v) is 3.73. The molecule has 5 nitrogen and oxygen atoms in total. The molecule has 0 saturated carbocycles. The molecule has 0 aliphatic rings. The highest BCUT2D eigenvalue weighted by molar-refractivity contribution is 5.79. The zero-order valence-corrected chi connectivity index (χ0v) is 14.5. The second-order valence-corrected chi connectivity index (χ2v) is 5.78. The van der Waals surface area contributed by atoms with Gasteiger partial charge in [0.25, 0.3) is 0 Å². The van der Waals surface area contributed by atoms with E-state index in [4.69, 9.17) is 0 Å². The Labute approximate surface area is 135 Å². The molecule has 0 atom stereocenters. The highest BCUT2D eigenvalue weighted by Crippen LogP contribution is 1.97. The number of hydrogen-bond acceptors (Lipinski definition) is 3. The minimum absolute atomic E-state index is 0.619. The van der Waals surface area contributed by atoms with Gasteiger partial charge in [-0.25, -0.2) is 0 Å². The largest absolute Gasteiger partial charge is 0.356 e. The van der Waals surface area contributed by atoms with Crippen molar-refractivity contribution in [3.05, 3.63) is 30.1 Å². The van der Waals surface area contributed by atoms with Gasteiger partial charge in [-0.1, -0.05) is 6.07 Å². The summed E-state index contributed by atoms with van der Waals surface area (Å²) in [6.45, 7) is 7.39. The summed E-state index contributed by atoms with van der Waals surface area (Å²) in [4.78, 5) is 10.9. The zero-order valence-electron chi connectivity index (χ0n) is 14.5. The fraction of sp³-hybridized carbons (Fsp3) is 0.647. The molecule has 0 aliphatic heterocycles. The van der Waals surface area contributed by atoms with Crippen LogP contribution in [0.3, 0.4) is 0 Å². The van der Waals surface area contributed by atoms with Crippen molar-refractivity contribution in [2.45, 2.75) is 39.2 Å². The zero-order chi connectivity index (χ0) is 16.2. The van der Waals surface area contributed by atoms with Gasteiger partial charge in [-0.2, -0.15) is 0 Å². The van der Waals surface area contributed by atoms with Gasteiger partial charge in [0.05, 0.1) is 0 Å². The standard InChI is InChI=1S/C17H31N5/c1-15(2)22(4)14-8-7-12-20-17(18-3)21-13-10-16-9-5-6-11-19-16/h5-6,9,11,15H,7-8,10,12-14H2,1-4H3,(H2,18,20,21). The number of aromatic nitrogens is 1. The van der Waals surface area contributed by atoms with Crippen LogP contribution >= 0.6 is 0 Å². The molecule has 1 aromatic heterocycles. The lowest BCUT2D eigenvalue weighted by Crippen LogP contribution is -2.39. The molecule has 0 radical (unpaired) electrons. The minimum atomic E-state index is 0.619. The lowest BCUT2D eigenvalue weighted by atomic mass is 10.2. The Bertz CT molecular complexity index is 416. The van der Waals surface area contributed by atoms with Gasteiger partial charge in [-0.05, 0) is 52.4 Å². The van der Waals surface area contributed by atoms with Crippen LogP contribution in [0.25, 0.3) is 0 Å². The lowest BCUT2D eigenvalue weighted by Gasteiger charge is -2.20. The second-order valence-electron chi connectivity index (χ2n) is 5.78. The summed E-state index contributed by atoms with van der Waals surface area (Å²) in [5, 5.41) is 6.68. The number of nitrogens with zero attached hydrogens (tertiary/aromatic N) is 3. The van der Waals surface area contributed by atoms with Crippen LogP contribution in [0.2, 0.25) is 0 Å². The summed E-state index contributed by atoms with van der Waals surface area (Å²) in [5.41, 5.74) is 1.10. The number of nitrogens with one attached hydrogen (secondary N) is 2. The Morgan fingerprint density at radius 2 is 2.00 bits per heavy atom. The van der Waals surface area contributed by atoms with Gasteiger partial charge < -0.3 is 15.5 Å². The summed E-state index contributed by atoms with van der Waals surface area (Å²) >= 11 is 0. The Balaban J connectivity index is 2.10. The van der Waals surface area contributed by atoms with E-state index in [0.717, 1.165) is 44.1 Å². The van der Waals surface area contributed by atoms with E-state index in [1.54, 1.807) is 0 Å². The van der Waals surface area contributed by atoms with E-state index in [0.29, 0.717) is 6.04 Å². The molecule has 0 fully saturated rings. The summed E-state index contributed by atoms with van der Waals surface area (Å²) in [6, 6.07) is 6.62. The highest BCUT2D eigenvalue weighted by atomic mass is 15.2. The van der Waals surface area contributed by atoms with E-state index in [1.807, 2.05) is 31.4 Å². The fourth-order valence-electron chi connectivity index (χ4n) is 2.03. The smallest absolute Gasteiger partial charge is 0.190 e. The Hall–Kier alpha value is -1.62. The maximum absolute atomic E-state index is 4.31. The summed E-state index contributed by atoms with van der Waals surface area (Å²) < 4.78 is 0. The monoisotopic (exact) mass is 305 g/mol. The molecule has 0 aliphatic carbocycles. The lowest BCUT2D eigenvalue weighted by molar-refractivity contribution is 0.268. The van der Waals surface area contributed by atoms with Crippen molar-refractivity contribution in [1.82, 2.24) is 20.5 Å². The molecule has 0 spiro atoms. The van der Waals surface area contributed by atoms with Gasteiger partial charge in [-0.3, -0.25) is 9.98 Å². The predicted molar refractivity (Wildman–Crippen MR) is 94.3 cm³/mol. The van der Waals surface area contributed by atoms with Crippen LogP contribution in [-0.2, 0) is 6.42 Å². The van der Waals surface area contributed by atoms with Gasteiger partial charge in [-0.15, -0.1) is 0 Å². The maximum Gasteiger partial charge on any atom is 0.190 e. The Morgan fingerprint density at radius 1 is 1.23 bits per heavy atom. The van der Waals surface area contributed by atoms with Crippen LogP contribution in [-0.4, -0.2) is 55.6 Å². The van der Waals surface area contributed by atoms with Gasteiger partial charge in [0, 0.05) is 44.5 Å². The van der Waals surface area contributed by atoms with Crippen LogP contribution < -0.4 is 10.6 Å². The van der Waals surface area contributed by atoms with E-state index in [-0.39, 0.29) is 0 Å². The molecule has 0 unspecified atom stereocenters. The van der Waals surface area contributed by atoms with E-state index >= 15 is 0 Å². The molecule has 1 aromatic rings. The average molecular weight is 305 g/mol. The number of unbranched alkanes of at least 4 members (excludes halogenated alkanes) is 1.